The number of halogens is 1. The molecule has 0 saturated carbocycles. The Labute approximate surface area is 116 Å². The van der Waals surface area contributed by atoms with Crippen LogP contribution in [0.25, 0.3) is 0 Å². The van der Waals surface area contributed by atoms with Crippen LogP contribution in [0.3, 0.4) is 0 Å². The Kier molecular flexibility index (Phi) is 4.02. The molecule has 3 N–H and O–H groups in total. The number of ether oxygens (including phenoxy) is 1. The number of hydrogen-bond acceptors (Lipinski definition) is 3. The molecule has 98 valence electrons. The van der Waals surface area contributed by atoms with E-state index >= 15 is 0 Å². The Bertz CT molecular complexity index is 613. The van der Waals surface area contributed by atoms with Gasteiger partial charge in [0, 0.05) is 5.69 Å². The number of benzene rings is 1. The van der Waals surface area contributed by atoms with Crippen LogP contribution in [0, 0.1) is 12.3 Å². The second kappa shape index (κ2) is 5.71. The first kappa shape index (κ1) is 13.4. The van der Waals surface area contributed by atoms with Gasteiger partial charge in [-0.2, -0.15) is 0 Å². The third kappa shape index (κ3) is 3.23. The van der Waals surface area contributed by atoms with Crippen molar-refractivity contribution < 1.29 is 4.74 Å². The fourth-order valence-electron chi connectivity index (χ4n) is 1.72. The average molecular weight is 276 g/mol. The number of nitrogens with zero attached hydrogens (tertiary/aromatic N) is 1. The van der Waals surface area contributed by atoms with Crippen molar-refractivity contribution in [3.05, 3.63) is 58.4 Å². The topological polar surface area (TPSA) is 72.0 Å². The summed E-state index contributed by atoms with van der Waals surface area (Å²) in [6.07, 6.45) is 0. The van der Waals surface area contributed by atoms with Gasteiger partial charge in [-0.05, 0) is 31.2 Å². The maximum absolute atomic E-state index is 7.53. The summed E-state index contributed by atoms with van der Waals surface area (Å²) in [5.41, 5.74) is 7.67. The molecule has 2 rings (SSSR count). The molecule has 1 heterocycles. The minimum absolute atomic E-state index is 0.113. The molecule has 0 spiro atoms. The second-order valence-electron chi connectivity index (χ2n) is 4.09. The maximum Gasteiger partial charge on any atom is 0.132 e. The molecule has 5 heteroatoms. The number of nitrogens with one attached hydrogen (secondary N) is 1. The summed E-state index contributed by atoms with van der Waals surface area (Å²) in [5.74, 6) is 0.376. The predicted octanol–water partition coefficient (Wildman–Crippen LogP) is 2.91. The number of aromatic nitrogens is 1. The van der Waals surface area contributed by atoms with Crippen LogP contribution in [0.4, 0.5) is 0 Å². The molecule has 0 unspecified atom stereocenters. The highest BCUT2D eigenvalue weighted by atomic mass is 35.5. The quantitative estimate of drug-likeness (QED) is 0.666. The Balaban J connectivity index is 2.20. The van der Waals surface area contributed by atoms with Crippen molar-refractivity contribution in [1.82, 2.24) is 4.98 Å². The highest BCUT2D eigenvalue weighted by Gasteiger charge is 2.11. The smallest absolute Gasteiger partial charge is 0.132 e. The lowest BCUT2D eigenvalue weighted by molar-refractivity contribution is 0.300. The Morgan fingerprint density at radius 2 is 2.05 bits per heavy atom. The monoisotopic (exact) mass is 275 g/mol. The molecule has 0 atom stereocenters. The minimum atomic E-state index is -0.113. The number of nitrogens with two attached hydrogens (primary N) is 1. The molecule has 0 aliphatic heterocycles. The van der Waals surface area contributed by atoms with Crippen molar-refractivity contribution in [2.24, 2.45) is 5.73 Å². The summed E-state index contributed by atoms with van der Waals surface area (Å²) in [5, 5.41) is 7.94. The number of amidine groups is 1. The molecule has 1 aromatic heterocycles. The lowest BCUT2D eigenvalue weighted by Crippen LogP contribution is -2.14. The SMILES string of the molecule is Cc1cccc(COc2cccc(Cl)c2C(=N)N)n1. The lowest BCUT2D eigenvalue weighted by Gasteiger charge is -2.11. The number of hydrogen-bond donors (Lipinski definition) is 2. The van der Waals surface area contributed by atoms with E-state index < -0.39 is 0 Å². The van der Waals surface area contributed by atoms with E-state index in [1.165, 1.54) is 0 Å². The molecule has 19 heavy (non-hydrogen) atoms. The van der Waals surface area contributed by atoms with Crippen LogP contribution in [0.2, 0.25) is 5.02 Å². The lowest BCUT2D eigenvalue weighted by atomic mass is 10.2. The molecule has 0 fully saturated rings. The zero-order chi connectivity index (χ0) is 13.8. The molecule has 0 bridgehead atoms. The highest BCUT2D eigenvalue weighted by molar-refractivity contribution is 6.34. The van der Waals surface area contributed by atoms with E-state index in [1.807, 2.05) is 25.1 Å². The molecule has 0 saturated heterocycles. The van der Waals surface area contributed by atoms with E-state index in [1.54, 1.807) is 18.2 Å². The summed E-state index contributed by atoms with van der Waals surface area (Å²) < 4.78 is 5.65. The molecule has 2 aromatic rings. The fraction of sp³-hybridized carbons (Fsp3) is 0.143. The van der Waals surface area contributed by atoms with Crippen LogP contribution in [0.5, 0.6) is 5.75 Å². The number of aryl methyl sites for hydroxylation is 1. The van der Waals surface area contributed by atoms with Gasteiger partial charge in [-0.1, -0.05) is 23.7 Å². The van der Waals surface area contributed by atoms with Crippen molar-refractivity contribution in [1.29, 1.82) is 5.41 Å². The van der Waals surface area contributed by atoms with E-state index in [4.69, 9.17) is 27.5 Å². The fourth-order valence-corrected chi connectivity index (χ4v) is 1.99. The van der Waals surface area contributed by atoms with Crippen LogP contribution >= 0.6 is 11.6 Å². The van der Waals surface area contributed by atoms with Gasteiger partial charge in [0.05, 0.1) is 16.3 Å². The van der Waals surface area contributed by atoms with Crippen molar-refractivity contribution >= 4 is 17.4 Å². The summed E-state index contributed by atoms with van der Waals surface area (Å²) in [4.78, 5) is 4.34. The molecule has 0 radical (unpaired) electrons. The minimum Gasteiger partial charge on any atom is -0.486 e. The van der Waals surface area contributed by atoms with E-state index in [0.29, 0.717) is 22.9 Å². The first-order chi connectivity index (χ1) is 9.08. The maximum atomic E-state index is 7.53. The molecule has 1 aromatic carbocycles. The summed E-state index contributed by atoms with van der Waals surface area (Å²) in [6, 6.07) is 10.9. The van der Waals surface area contributed by atoms with Gasteiger partial charge in [-0.25, -0.2) is 0 Å². The van der Waals surface area contributed by atoms with Crippen LogP contribution in [-0.4, -0.2) is 10.8 Å². The molecular weight excluding hydrogens is 262 g/mol. The van der Waals surface area contributed by atoms with Gasteiger partial charge in [0.15, 0.2) is 0 Å². The number of pyridine rings is 1. The molecular formula is C14H14ClN3O. The predicted molar refractivity (Wildman–Crippen MR) is 75.8 cm³/mol. The normalized spacial score (nSPS) is 10.2. The van der Waals surface area contributed by atoms with Crippen molar-refractivity contribution in [3.8, 4) is 5.75 Å². The average Bonchev–Trinajstić information content (AvgIpc) is 2.36. The van der Waals surface area contributed by atoms with Gasteiger partial charge < -0.3 is 10.5 Å². The van der Waals surface area contributed by atoms with Crippen LogP contribution in [0.15, 0.2) is 36.4 Å². The van der Waals surface area contributed by atoms with Crippen LogP contribution in [-0.2, 0) is 6.61 Å². The van der Waals surface area contributed by atoms with Crippen LogP contribution < -0.4 is 10.5 Å². The molecule has 0 aliphatic carbocycles. The molecule has 0 aliphatic rings. The standard InChI is InChI=1S/C14H14ClN3O/c1-9-4-2-5-10(18-9)8-19-12-7-3-6-11(15)13(12)14(16)17/h2-7H,8H2,1H3,(H3,16,17). The zero-order valence-electron chi connectivity index (χ0n) is 10.5. The Morgan fingerprint density at radius 3 is 2.74 bits per heavy atom. The van der Waals surface area contributed by atoms with Gasteiger partial charge in [0.25, 0.3) is 0 Å². The van der Waals surface area contributed by atoms with E-state index in [2.05, 4.69) is 4.98 Å². The number of rotatable bonds is 4. The zero-order valence-corrected chi connectivity index (χ0v) is 11.2. The summed E-state index contributed by atoms with van der Waals surface area (Å²) in [6.45, 7) is 2.23. The Morgan fingerprint density at radius 1 is 1.32 bits per heavy atom. The summed E-state index contributed by atoms with van der Waals surface area (Å²) >= 11 is 6.01. The third-order valence-corrected chi connectivity index (χ3v) is 2.88. The van der Waals surface area contributed by atoms with Gasteiger partial charge in [-0.15, -0.1) is 0 Å². The largest absolute Gasteiger partial charge is 0.486 e. The first-order valence-electron chi connectivity index (χ1n) is 5.76. The van der Waals surface area contributed by atoms with E-state index in [9.17, 15) is 0 Å². The van der Waals surface area contributed by atoms with Gasteiger partial charge in [0.2, 0.25) is 0 Å². The third-order valence-electron chi connectivity index (χ3n) is 2.57. The van der Waals surface area contributed by atoms with Crippen LogP contribution in [0.1, 0.15) is 17.0 Å². The van der Waals surface area contributed by atoms with Gasteiger partial charge in [-0.3, -0.25) is 10.4 Å². The van der Waals surface area contributed by atoms with Crippen molar-refractivity contribution in [2.75, 3.05) is 0 Å². The van der Waals surface area contributed by atoms with Crippen molar-refractivity contribution in [3.63, 3.8) is 0 Å². The second-order valence-corrected chi connectivity index (χ2v) is 4.49. The number of nitrogen functional groups attached to an aromatic ring is 1. The molecule has 4 nitrogen and oxygen atoms in total. The highest BCUT2D eigenvalue weighted by Crippen LogP contribution is 2.26. The summed E-state index contributed by atoms with van der Waals surface area (Å²) in [7, 11) is 0. The van der Waals surface area contributed by atoms with Gasteiger partial charge in [0.1, 0.15) is 18.2 Å². The van der Waals surface area contributed by atoms with E-state index in [0.717, 1.165) is 11.4 Å². The van der Waals surface area contributed by atoms with Crippen molar-refractivity contribution in [2.45, 2.75) is 13.5 Å². The van der Waals surface area contributed by atoms with E-state index in [-0.39, 0.29) is 5.84 Å². The first-order valence-corrected chi connectivity index (χ1v) is 6.14. The molecule has 0 amide bonds. The Hall–Kier alpha value is -2.07. The van der Waals surface area contributed by atoms with Gasteiger partial charge >= 0.3 is 0 Å².